The van der Waals surface area contributed by atoms with Gasteiger partial charge in [0.25, 0.3) is 5.56 Å². The lowest BCUT2D eigenvalue weighted by Gasteiger charge is -2.31. The van der Waals surface area contributed by atoms with Gasteiger partial charge in [0.1, 0.15) is 5.75 Å². The van der Waals surface area contributed by atoms with E-state index in [2.05, 4.69) is 32.3 Å². The van der Waals surface area contributed by atoms with Gasteiger partial charge in [0.15, 0.2) is 5.82 Å². The average Bonchev–Trinajstić information content (AvgIpc) is 3.54. The number of rotatable bonds is 13. The van der Waals surface area contributed by atoms with Crippen molar-refractivity contribution in [2.75, 3.05) is 26.4 Å². The van der Waals surface area contributed by atoms with Gasteiger partial charge in [-0.05, 0) is 67.3 Å². The number of hydrogen-bond donors (Lipinski definition) is 2. The van der Waals surface area contributed by atoms with Gasteiger partial charge in [0.05, 0.1) is 25.3 Å². The number of tetrazole rings is 1. The molecule has 1 aromatic carbocycles. The first kappa shape index (κ1) is 25.3. The van der Waals surface area contributed by atoms with Gasteiger partial charge in [-0.3, -0.25) is 9.69 Å². The van der Waals surface area contributed by atoms with Crippen LogP contribution < -0.4 is 10.3 Å². The molecular weight excluding hydrogens is 448 g/mol. The van der Waals surface area contributed by atoms with Crippen molar-refractivity contribution in [3.8, 4) is 5.75 Å². The summed E-state index contributed by atoms with van der Waals surface area (Å²) in [6.45, 7) is 7.15. The molecule has 0 unspecified atom stereocenters. The third kappa shape index (κ3) is 6.25. The van der Waals surface area contributed by atoms with Crippen LogP contribution in [0.2, 0.25) is 0 Å². The third-order valence-corrected chi connectivity index (χ3v) is 6.44. The highest BCUT2D eigenvalue weighted by molar-refractivity contribution is 5.80. The molecule has 4 rings (SSSR count). The predicted molar refractivity (Wildman–Crippen MR) is 132 cm³/mol. The van der Waals surface area contributed by atoms with E-state index >= 15 is 0 Å². The molecule has 0 bridgehead atoms. The Kier molecular flexibility index (Phi) is 8.84. The fourth-order valence-corrected chi connectivity index (χ4v) is 4.75. The van der Waals surface area contributed by atoms with Crippen LogP contribution in [0.25, 0.3) is 10.9 Å². The average molecular weight is 485 g/mol. The molecule has 3 heterocycles. The van der Waals surface area contributed by atoms with E-state index in [1.807, 2.05) is 35.9 Å². The van der Waals surface area contributed by atoms with Gasteiger partial charge < -0.3 is 19.6 Å². The fourth-order valence-electron chi connectivity index (χ4n) is 4.75. The molecule has 0 spiro atoms. The molecule has 1 fully saturated rings. The van der Waals surface area contributed by atoms with Gasteiger partial charge in [0.2, 0.25) is 0 Å². The smallest absolute Gasteiger partial charge is 0.252 e. The van der Waals surface area contributed by atoms with Crippen molar-refractivity contribution in [1.29, 1.82) is 0 Å². The number of fused-ring (bicyclic) bond motifs is 1. The van der Waals surface area contributed by atoms with E-state index in [4.69, 9.17) is 9.47 Å². The summed E-state index contributed by atoms with van der Waals surface area (Å²) in [5.41, 5.74) is 1.31. The maximum Gasteiger partial charge on any atom is 0.252 e. The molecular formula is C25H36N6O4. The van der Waals surface area contributed by atoms with Gasteiger partial charge in [0, 0.05) is 42.8 Å². The van der Waals surface area contributed by atoms with Crippen LogP contribution in [-0.2, 0) is 17.8 Å². The summed E-state index contributed by atoms with van der Waals surface area (Å²) in [6, 6.07) is 7.52. The molecule has 10 nitrogen and oxygen atoms in total. The molecule has 2 N–H and O–H groups in total. The molecule has 1 aliphatic rings. The Bertz CT molecular complexity index is 1140. The van der Waals surface area contributed by atoms with Gasteiger partial charge in [-0.1, -0.05) is 13.3 Å². The molecule has 10 heteroatoms. The standard InChI is InChI=1S/C25H36N6O4/c1-3-7-23(24-27-28-29-31(24)17-21-8-5-13-35-21)30(11-6-12-32)16-19-14-18-15-20(34-4-2)9-10-22(18)26-25(19)33/h9-10,14-15,21,23,32H,3-8,11-13,16-17H2,1-2H3,(H,26,33)/t21-,23-/m0/s1. The number of hydrogen-bond acceptors (Lipinski definition) is 8. The van der Waals surface area contributed by atoms with Crippen molar-refractivity contribution in [2.45, 2.75) is 71.2 Å². The summed E-state index contributed by atoms with van der Waals surface area (Å²) in [5, 5.41) is 23.1. The lowest BCUT2D eigenvalue weighted by molar-refractivity contribution is 0.0885. The van der Waals surface area contributed by atoms with Gasteiger partial charge >= 0.3 is 0 Å². The molecule has 3 aromatic rings. The third-order valence-electron chi connectivity index (χ3n) is 6.44. The number of pyridine rings is 1. The Labute approximate surface area is 205 Å². The van der Waals surface area contributed by atoms with Gasteiger partial charge in [-0.25, -0.2) is 4.68 Å². The Balaban J connectivity index is 1.64. The number of nitrogens with one attached hydrogen (secondary N) is 1. The highest BCUT2D eigenvalue weighted by Gasteiger charge is 2.28. The molecule has 0 saturated carbocycles. The van der Waals surface area contributed by atoms with Crippen LogP contribution in [-0.4, -0.2) is 67.7 Å². The number of aromatic nitrogens is 5. The molecule has 1 saturated heterocycles. The monoisotopic (exact) mass is 484 g/mol. The minimum Gasteiger partial charge on any atom is -0.494 e. The van der Waals surface area contributed by atoms with Crippen molar-refractivity contribution >= 4 is 10.9 Å². The Hall–Kier alpha value is -2.82. The van der Waals surface area contributed by atoms with Crippen LogP contribution >= 0.6 is 0 Å². The summed E-state index contributed by atoms with van der Waals surface area (Å²) in [7, 11) is 0. The van der Waals surface area contributed by atoms with E-state index < -0.39 is 0 Å². The topological polar surface area (TPSA) is 118 Å². The van der Waals surface area contributed by atoms with Crippen LogP contribution in [0.3, 0.4) is 0 Å². The van der Waals surface area contributed by atoms with Crippen LogP contribution in [0.4, 0.5) is 0 Å². The van der Waals surface area contributed by atoms with Crippen LogP contribution in [0.5, 0.6) is 5.75 Å². The molecule has 1 aliphatic heterocycles. The van der Waals surface area contributed by atoms with E-state index in [-0.39, 0.29) is 24.3 Å². The zero-order valence-corrected chi connectivity index (χ0v) is 20.7. The molecule has 0 radical (unpaired) electrons. The summed E-state index contributed by atoms with van der Waals surface area (Å²) in [5.74, 6) is 1.54. The zero-order chi connectivity index (χ0) is 24.6. The zero-order valence-electron chi connectivity index (χ0n) is 20.7. The summed E-state index contributed by atoms with van der Waals surface area (Å²) >= 11 is 0. The summed E-state index contributed by atoms with van der Waals surface area (Å²) < 4.78 is 13.3. The molecule has 190 valence electrons. The first-order chi connectivity index (χ1) is 17.1. The number of ether oxygens (including phenoxy) is 2. The first-order valence-corrected chi connectivity index (χ1v) is 12.6. The van der Waals surface area contributed by atoms with Crippen molar-refractivity contribution < 1.29 is 14.6 Å². The maximum absolute atomic E-state index is 13.0. The minimum absolute atomic E-state index is 0.0714. The van der Waals surface area contributed by atoms with Crippen molar-refractivity contribution in [2.24, 2.45) is 0 Å². The van der Waals surface area contributed by atoms with Crippen molar-refractivity contribution in [3.63, 3.8) is 0 Å². The molecule has 0 aliphatic carbocycles. The number of aromatic amines is 1. The highest BCUT2D eigenvalue weighted by Crippen LogP contribution is 2.27. The van der Waals surface area contributed by atoms with Gasteiger partial charge in [-0.2, -0.15) is 0 Å². The van der Waals surface area contributed by atoms with Crippen molar-refractivity contribution in [3.05, 3.63) is 46.0 Å². The molecule has 2 aromatic heterocycles. The van der Waals surface area contributed by atoms with E-state index in [1.165, 1.54) is 0 Å². The Morgan fingerprint density at radius 2 is 2.23 bits per heavy atom. The lowest BCUT2D eigenvalue weighted by Crippen LogP contribution is -2.34. The van der Waals surface area contributed by atoms with E-state index in [0.717, 1.165) is 54.8 Å². The lowest BCUT2D eigenvalue weighted by atomic mass is 10.1. The maximum atomic E-state index is 13.0. The second-order valence-electron chi connectivity index (χ2n) is 9.01. The largest absolute Gasteiger partial charge is 0.494 e. The summed E-state index contributed by atoms with van der Waals surface area (Å²) in [4.78, 5) is 18.2. The van der Waals surface area contributed by atoms with E-state index in [1.54, 1.807) is 0 Å². The number of nitrogens with zero attached hydrogens (tertiary/aromatic N) is 5. The highest BCUT2D eigenvalue weighted by atomic mass is 16.5. The van der Waals surface area contributed by atoms with Gasteiger partial charge in [-0.15, -0.1) is 5.10 Å². The minimum atomic E-state index is -0.121. The molecule has 0 amide bonds. The fraction of sp³-hybridized carbons (Fsp3) is 0.600. The second kappa shape index (κ2) is 12.2. The van der Waals surface area contributed by atoms with Crippen LogP contribution in [0, 0.1) is 0 Å². The van der Waals surface area contributed by atoms with Crippen LogP contribution in [0.1, 0.15) is 63.4 Å². The number of aliphatic hydroxyl groups is 1. The number of aliphatic hydroxyl groups excluding tert-OH is 1. The summed E-state index contributed by atoms with van der Waals surface area (Å²) in [6.07, 6.45) is 4.53. The predicted octanol–water partition coefficient (Wildman–Crippen LogP) is 2.82. The molecule has 2 atom stereocenters. The number of benzene rings is 1. The second-order valence-corrected chi connectivity index (χ2v) is 9.01. The van der Waals surface area contributed by atoms with Crippen LogP contribution in [0.15, 0.2) is 29.1 Å². The first-order valence-electron chi connectivity index (χ1n) is 12.6. The number of H-pyrrole nitrogens is 1. The Morgan fingerprint density at radius 1 is 1.34 bits per heavy atom. The molecule has 35 heavy (non-hydrogen) atoms. The van der Waals surface area contributed by atoms with Crippen molar-refractivity contribution in [1.82, 2.24) is 30.1 Å². The SMILES string of the molecule is CCC[C@@H](c1nnnn1C[C@@H]1CCCO1)N(CCCO)Cc1cc2cc(OCC)ccc2[nH]c1=O. The normalized spacial score (nSPS) is 16.9. The Morgan fingerprint density at radius 3 is 2.97 bits per heavy atom. The quantitative estimate of drug-likeness (QED) is 0.380. The van der Waals surface area contributed by atoms with E-state index in [9.17, 15) is 9.90 Å². The van der Waals surface area contributed by atoms with E-state index in [0.29, 0.717) is 38.2 Å².